The minimum Gasteiger partial charge on any atom is -0.490 e. The molecule has 2 aromatic rings. The van der Waals surface area contributed by atoms with Crippen LogP contribution < -0.4 is 15.6 Å². The van der Waals surface area contributed by atoms with Crippen LogP contribution in [0, 0.1) is 20.8 Å². The van der Waals surface area contributed by atoms with Crippen LogP contribution in [0.25, 0.3) is 0 Å². The topological polar surface area (TPSA) is 43.3 Å². The van der Waals surface area contributed by atoms with Crippen molar-refractivity contribution in [1.29, 1.82) is 0 Å². The second kappa shape index (κ2) is 7.22. The molecule has 0 saturated carbocycles. The summed E-state index contributed by atoms with van der Waals surface area (Å²) >= 11 is 0. The maximum Gasteiger partial charge on any atom is 0.251 e. The molecule has 4 nitrogen and oxygen atoms in total. The summed E-state index contributed by atoms with van der Waals surface area (Å²) in [6.45, 7) is 8.66. The summed E-state index contributed by atoms with van der Waals surface area (Å²) in [4.78, 5) is 12.2. The summed E-state index contributed by atoms with van der Waals surface area (Å²) in [5.41, 5.74) is 4.44. The summed E-state index contributed by atoms with van der Waals surface area (Å²) in [5, 5.41) is 3.37. The molecular formula is C20H26N2O2. The van der Waals surface area contributed by atoms with Gasteiger partial charge in [-0.05, 0) is 63.9 Å². The van der Waals surface area contributed by atoms with Crippen molar-refractivity contribution >= 4 is 0 Å². The summed E-state index contributed by atoms with van der Waals surface area (Å²) in [6, 6.07) is 7.93. The van der Waals surface area contributed by atoms with Crippen molar-refractivity contribution < 1.29 is 4.74 Å². The van der Waals surface area contributed by atoms with E-state index in [0.717, 1.165) is 48.4 Å². The fraction of sp³-hybridized carbons (Fsp3) is 0.450. The van der Waals surface area contributed by atoms with Crippen molar-refractivity contribution in [3.8, 4) is 5.75 Å². The van der Waals surface area contributed by atoms with E-state index in [1.165, 1.54) is 5.56 Å². The van der Waals surface area contributed by atoms with Crippen molar-refractivity contribution in [2.45, 2.75) is 46.3 Å². The normalized spacial score (nSPS) is 15.5. The second-order valence-corrected chi connectivity index (χ2v) is 6.81. The molecule has 1 saturated heterocycles. The maximum atomic E-state index is 12.2. The molecule has 2 heterocycles. The summed E-state index contributed by atoms with van der Waals surface area (Å²) in [6.07, 6.45) is 4.17. The number of nitrogens with zero attached hydrogens (tertiary/aromatic N) is 1. The highest BCUT2D eigenvalue weighted by Crippen LogP contribution is 2.28. The Hall–Kier alpha value is -2.07. The zero-order valence-corrected chi connectivity index (χ0v) is 14.8. The Labute approximate surface area is 143 Å². The number of hydrogen-bond donors (Lipinski definition) is 1. The van der Waals surface area contributed by atoms with Crippen molar-refractivity contribution in [3.05, 3.63) is 63.1 Å². The zero-order valence-electron chi connectivity index (χ0n) is 14.8. The molecule has 1 fully saturated rings. The maximum absolute atomic E-state index is 12.2. The smallest absolute Gasteiger partial charge is 0.251 e. The molecule has 0 atom stereocenters. The summed E-state index contributed by atoms with van der Waals surface area (Å²) < 4.78 is 8.10. The minimum atomic E-state index is 0.0296. The molecule has 0 bridgehead atoms. The third-order valence-corrected chi connectivity index (χ3v) is 4.56. The van der Waals surface area contributed by atoms with Crippen LogP contribution in [0.4, 0.5) is 0 Å². The third-order valence-electron chi connectivity index (χ3n) is 4.56. The number of ether oxygens (including phenoxy) is 1. The van der Waals surface area contributed by atoms with Gasteiger partial charge in [0.15, 0.2) is 0 Å². The molecule has 1 aliphatic rings. The monoisotopic (exact) mass is 326 g/mol. The molecule has 1 aliphatic heterocycles. The lowest BCUT2D eigenvalue weighted by atomic mass is 10.0. The molecule has 4 heteroatoms. The zero-order chi connectivity index (χ0) is 17.1. The van der Waals surface area contributed by atoms with E-state index < -0.39 is 0 Å². The average molecular weight is 326 g/mol. The molecule has 3 rings (SSSR count). The van der Waals surface area contributed by atoms with Gasteiger partial charge in [-0.25, -0.2) is 0 Å². The molecule has 128 valence electrons. The molecule has 0 radical (unpaired) electrons. The van der Waals surface area contributed by atoms with Crippen molar-refractivity contribution in [2.75, 3.05) is 13.1 Å². The Balaban J connectivity index is 1.91. The van der Waals surface area contributed by atoms with Crippen LogP contribution in [0.1, 0.15) is 35.1 Å². The fourth-order valence-electron chi connectivity index (χ4n) is 3.33. The molecular weight excluding hydrogens is 300 g/mol. The highest BCUT2D eigenvalue weighted by atomic mass is 16.5. The highest BCUT2D eigenvalue weighted by molar-refractivity contribution is 5.44. The first-order valence-corrected chi connectivity index (χ1v) is 8.67. The first-order valence-electron chi connectivity index (χ1n) is 8.67. The van der Waals surface area contributed by atoms with Crippen LogP contribution in [0.15, 0.2) is 35.3 Å². The summed E-state index contributed by atoms with van der Waals surface area (Å²) in [5.74, 6) is 0.944. The van der Waals surface area contributed by atoms with E-state index in [1.54, 1.807) is 10.6 Å². The van der Waals surface area contributed by atoms with Gasteiger partial charge in [-0.1, -0.05) is 17.7 Å². The SMILES string of the molecule is Cc1cc(C)c(OC2CCNCC2)c(Cn2ccc(C)cc2=O)c1. The van der Waals surface area contributed by atoms with E-state index in [0.29, 0.717) is 6.54 Å². The number of benzene rings is 1. The predicted molar refractivity (Wildman–Crippen MR) is 97.0 cm³/mol. The number of aryl methyl sites for hydroxylation is 3. The van der Waals surface area contributed by atoms with Gasteiger partial charge >= 0.3 is 0 Å². The number of rotatable bonds is 4. The molecule has 0 spiro atoms. The molecule has 1 N–H and O–H groups in total. The Kier molecular flexibility index (Phi) is 5.05. The van der Waals surface area contributed by atoms with Crippen molar-refractivity contribution in [1.82, 2.24) is 9.88 Å². The number of piperidine rings is 1. The number of nitrogens with one attached hydrogen (secondary N) is 1. The van der Waals surface area contributed by atoms with Gasteiger partial charge in [-0.2, -0.15) is 0 Å². The van der Waals surface area contributed by atoms with Gasteiger partial charge in [0.25, 0.3) is 5.56 Å². The predicted octanol–water partition coefficient (Wildman–Crippen LogP) is 2.95. The van der Waals surface area contributed by atoms with Gasteiger partial charge in [0.05, 0.1) is 6.54 Å². The van der Waals surface area contributed by atoms with Crippen LogP contribution >= 0.6 is 0 Å². The highest BCUT2D eigenvalue weighted by Gasteiger charge is 2.18. The van der Waals surface area contributed by atoms with E-state index >= 15 is 0 Å². The van der Waals surface area contributed by atoms with Gasteiger partial charge < -0.3 is 14.6 Å². The standard InChI is InChI=1S/C20H26N2O2/c1-14-6-9-22(19(23)12-14)13-17-11-15(2)10-16(3)20(17)24-18-4-7-21-8-5-18/h6,9-12,18,21H,4-5,7-8,13H2,1-3H3. The van der Waals surface area contributed by atoms with Crippen molar-refractivity contribution in [2.24, 2.45) is 0 Å². The van der Waals surface area contributed by atoms with Gasteiger partial charge in [-0.3, -0.25) is 4.79 Å². The van der Waals surface area contributed by atoms with E-state index in [2.05, 4.69) is 31.3 Å². The minimum absolute atomic E-state index is 0.0296. The number of pyridine rings is 1. The quantitative estimate of drug-likeness (QED) is 0.939. The summed E-state index contributed by atoms with van der Waals surface area (Å²) in [7, 11) is 0. The van der Waals surface area contributed by atoms with E-state index in [4.69, 9.17) is 4.74 Å². The fourth-order valence-corrected chi connectivity index (χ4v) is 3.33. The van der Waals surface area contributed by atoms with Crippen LogP contribution in [0.5, 0.6) is 5.75 Å². The average Bonchev–Trinajstić information content (AvgIpc) is 2.54. The number of aromatic nitrogens is 1. The molecule has 1 aromatic carbocycles. The Morgan fingerprint density at radius 3 is 2.58 bits per heavy atom. The first-order chi connectivity index (χ1) is 11.5. The van der Waals surface area contributed by atoms with Gasteiger partial charge in [0, 0.05) is 17.8 Å². The lowest BCUT2D eigenvalue weighted by Crippen LogP contribution is -2.34. The molecule has 0 aliphatic carbocycles. The van der Waals surface area contributed by atoms with E-state index in [9.17, 15) is 4.79 Å². The van der Waals surface area contributed by atoms with Crippen LogP contribution in [-0.4, -0.2) is 23.8 Å². The largest absolute Gasteiger partial charge is 0.490 e. The van der Waals surface area contributed by atoms with Crippen LogP contribution in [-0.2, 0) is 6.54 Å². The molecule has 0 unspecified atom stereocenters. The first kappa shape index (κ1) is 16.8. The lowest BCUT2D eigenvalue weighted by molar-refractivity contribution is 0.159. The van der Waals surface area contributed by atoms with Crippen molar-refractivity contribution in [3.63, 3.8) is 0 Å². The van der Waals surface area contributed by atoms with E-state index in [-0.39, 0.29) is 11.7 Å². The van der Waals surface area contributed by atoms with Crippen LogP contribution in [0.2, 0.25) is 0 Å². The molecule has 24 heavy (non-hydrogen) atoms. The van der Waals surface area contributed by atoms with Gasteiger partial charge in [-0.15, -0.1) is 0 Å². The third kappa shape index (κ3) is 3.88. The number of hydrogen-bond acceptors (Lipinski definition) is 3. The molecule has 1 aromatic heterocycles. The Bertz CT molecular complexity index is 774. The second-order valence-electron chi connectivity index (χ2n) is 6.81. The molecule has 0 amide bonds. The lowest BCUT2D eigenvalue weighted by Gasteiger charge is -2.26. The van der Waals surface area contributed by atoms with Gasteiger partial charge in [0.2, 0.25) is 0 Å². The van der Waals surface area contributed by atoms with Gasteiger partial charge in [0.1, 0.15) is 11.9 Å². The van der Waals surface area contributed by atoms with Crippen LogP contribution in [0.3, 0.4) is 0 Å². The Morgan fingerprint density at radius 1 is 1.12 bits per heavy atom. The Morgan fingerprint density at radius 2 is 1.88 bits per heavy atom. The van der Waals surface area contributed by atoms with E-state index in [1.807, 2.05) is 19.2 Å².